The summed E-state index contributed by atoms with van der Waals surface area (Å²) in [5.41, 5.74) is 0.798. The molecule has 0 amide bonds. The van der Waals surface area contributed by atoms with Crippen molar-refractivity contribution < 1.29 is 23.8 Å². The van der Waals surface area contributed by atoms with Crippen molar-refractivity contribution in [1.82, 2.24) is 0 Å². The monoisotopic (exact) mass is 363 g/mol. The highest BCUT2D eigenvalue weighted by molar-refractivity contribution is 5.90. The van der Waals surface area contributed by atoms with Crippen molar-refractivity contribution in [3.8, 4) is 6.07 Å². The van der Waals surface area contributed by atoms with Gasteiger partial charge in [0.2, 0.25) is 0 Å². The molecule has 1 heterocycles. The maximum absolute atomic E-state index is 12.3. The number of nitriles is 1. The molecule has 2 aromatic rings. The molecule has 0 saturated carbocycles. The zero-order valence-electron chi connectivity index (χ0n) is 14.4. The largest absolute Gasteiger partial charge is 0.459 e. The zero-order valence-corrected chi connectivity index (χ0v) is 14.4. The SMILES string of the molecule is N#CC1C=C[C@H](OC(=O)c2ccccc2)[C@@H](COC(=O)c2ccccc2)O1. The molecule has 1 aliphatic heterocycles. The Bertz CT molecular complexity index is 857. The van der Waals surface area contributed by atoms with Crippen LogP contribution in [-0.2, 0) is 14.2 Å². The first-order valence-electron chi connectivity index (χ1n) is 8.39. The van der Waals surface area contributed by atoms with Gasteiger partial charge in [0, 0.05) is 0 Å². The number of esters is 2. The summed E-state index contributed by atoms with van der Waals surface area (Å²) in [5.74, 6) is -1.04. The number of ether oxygens (including phenoxy) is 3. The quantitative estimate of drug-likeness (QED) is 0.600. The van der Waals surface area contributed by atoms with Gasteiger partial charge in [-0.15, -0.1) is 0 Å². The van der Waals surface area contributed by atoms with E-state index in [0.717, 1.165) is 0 Å². The smallest absolute Gasteiger partial charge is 0.338 e. The Morgan fingerprint density at radius 2 is 1.52 bits per heavy atom. The van der Waals surface area contributed by atoms with Crippen molar-refractivity contribution in [3.05, 3.63) is 83.9 Å². The number of carbonyl (C=O) groups excluding carboxylic acids is 2. The third-order valence-electron chi connectivity index (χ3n) is 3.93. The van der Waals surface area contributed by atoms with Gasteiger partial charge in [-0.1, -0.05) is 36.4 Å². The minimum atomic E-state index is -0.794. The van der Waals surface area contributed by atoms with E-state index in [2.05, 4.69) is 0 Å². The van der Waals surface area contributed by atoms with Gasteiger partial charge in [0.15, 0.2) is 6.10 Å². The lowest BCUT2D eigenvalue weighted by Crippen LogP contribution is -2.41. The number of hydrogen-bond acceptors (Lipinski definition) is 6. The molecular formula is C21H17NO5. The van der Waals surface area contributed by atoms with Gasteiger partial charge in [-0.05, 0) is 36.4 Å². The lowest BCUT2D eigenvalue weighted by atomic mass is 10.1. The third kappa shape index (κ3) is 4.81. The molecule has 0 N–H and O–H groups in total. The standard InChI is InChI=1S/C21H17NO5/c22-13-17-11-12-18(27-21(24)16-9-5-2-6-10-16)19(26-17)14-25-20(23)15-7-3-1-4-8-15/h1-12,17-19H,14H2/t17?,18-,19+/m0/s1. The van der Waals surface area contributed by atoms with E-state index in [9.17, 15) is 9.59 Å². The van der Waals surface area contributed by atoms with E-state index in [1.807, 2.05) is 6.07 Å². The van der Waals surface area contributed by atoms with E-state index in [4.69, 9.17) is 19.5 Å². The lowest BCUT2D eigenvalue weighted by molar-refractivity contribution is -0.0766. The Morgan fingerprint density at radius 1 is 0.926 bits per heavy atom. The van der Waals surface area contributed by atoms with E-state index in [1.165, 1.54) is 6.08 Å². The highest BCUT2D eigenvalue weighted by Gasteiger charge is 2.31. The molecule has 3 rings (SSSR count). The van der Waals surface area contributed by atoms with Crippen LogP contribution in [0.2, 0.25) is 0 Å². The Kier molecular flexibility index (Phi) is 5.98. The molecule has 2 aromatic carbocycles. The maximum atomic E-state index is 12.3. The fourth-order valence-corrected chi connectivity index (χ4v) is 2.55. The van der Waals surface area contributed by atoms with Gasteiger partial charge >= 0.3 is 11.9 Å². The Labute approximate surface area is 156 Å². The van der Waals surface area contributed by atoms with Crippen LogP contribution in [0.5, 0.6) is 0 Å². The zero-order chi connectivity index (χ0) is 19.1. The van der Waals surface area contributed by atoms with Gasteiger partial charge in [0.25, 0.3) is 0 Å². The number of rotatable bonds is 5. The summed E-state index contributed by atoms with van der Waals surface area (Å²) in [7, 11) is 0. The fraction of sp³-hybridized carbons (Fsp3) is 0.190. The molecule has 0 aliphatic carbocycles. The number of carbonyl (C=O) groups is 2. The average molecular weight is 363 g/mol. The second-order valence-corrected chi connectivity index (χ2v) is 5.81. The van der Waals surface area contributed by atoms with Gasteiger partial charge in [-0.2, -0.15) is 5.26 Å². The summed E-state index contributed by atoms with van der Waals surface area (Å²) < 4.78 is 16.3. The Balaban J connectivity index is 1.66. The summed E-state index contributed by atoms with van der Waals surface area (Å²) >= 11 is 0. The van der Waals surface area contributed by atoms with E-state index >= 15 is 0 Å². The Hall–Kier alpha value is -3.43. The highest BCUT2D eigenvalue weighted by Crippen LogP contribution is 2.18. The minimum Gasteiger partial charge on any atom is -0.459 e. The second kappa shape index (κ2) is 8.79. The third-order valence-corrected chi connectivity index (χ3v) is 3.93. The summed E-state index contributed by atoms with van der Waals surface area (Å²) in [6.07, 6.45) is 0.750. The molecule has 1 aliphatic rings. The van der Waals surface area contributed by atoms with Crippen molar-refractivity contribution in [2.45, 2.75) is 18.3 Å². The van der Waals surface area contributed by atoms with Crippen LogP contribution >= 0.6 is 0 Å². The molecule has 0 fully saturated rings. The minimum absolute atomic E-state index is 0.150. The second-order valence-electron chi connectivity index (χ2n) is 5.81. The van der Waals surface area contributed by atoms with Gasteiger partial charge in [-0.25, -0.2) is 9.59 Å². The van der Waals surface area contributed by atoms with E-state index in [1.54, 1.807) is 66.7 Å². The molecule has 3 atom stereocenters. The van der Waals surface area contributed by atoms with Gasteiger partial charge in [0.1, 0.15) is 18.8 Å². The van der Waals surface area contributed by atoms with Crippen LogP contribution < -0.4 is 0 Å². The molecule has 27 heavy (non-hydrogen) atoms. The normalized spacial score (nSPS) is 21.1. The van der Waals surface area contributed by atoms with E-state index in [-0.39, 0.29) is 6.61 Å². The maximum Gasteiger partial charge on any atom is 0.338 e. The lowest BCUT2D eigenvalue weighted by Gasteiger charge is -2.29. The number of hydrogen-bond donors (Lipinski definition) is 0. The predicted molar refractivity (Wildman–Crippen MR) is 95.8 cm³/mol. The molecule has 6 heteroatoms. The molecular weight excluding hydrogens is 346 g/mol. The summed E-state index contributed by atoms with van der Waals surface area (Å²) in [5, 5.41) is 9.07. The van der Waals surface area contributed by atoms with Crippen LogP contribution in [0.3, 0.4) is 0 Å². The molecule has 0 saturated heterocycles. The molecule has 136 valence electrons. The van der Waals surface area contributed by atoms with Crippen molar-refractivity contribution in [2.24, 2.45) is 0 Å². The van der Waals surface area contributed by atoms with Crippen molar-refractivity contribution in [2.75, 3.05) is 6.61 Å². The number of nitrogens with zero attached hydrogens (tertiary/aromatic N) is 1. The molecule has 0 radical (unpaired) electrons. The van der Waals surface area contributed by atoms with Crippen LogP contribution in [0.25, 0.3) is 0 Å². The summed E-state index contributed by atoms with van der Waals surface area (Å²) in [6, 6.07) is 19.0. The molecule has 0 bridgehead atoms. The first-order valence-corrected chi connectivity index (χ1v) is 8.39. The molecule has 0 aromatic heterocycles. The molecule has 0 spiro atoms. The van der Waals surface area contributed by atoms with Crippen molar-refractivity contribution in [3.63, 3.8) is 0 Å². The van der Waals surface area contributed by atoms with Gasteiger partial charge in [0.05, 0.1) is 17.2 Å². The fourth-order valence-electron chi connectivity index (χ4n) is 2.55. The molecule has 1 unspecified atom stereocenters. The van der Waals surface area contributed by atoms with Crippen LogP contribution in [0, 0.1) is 11.3 Å². The Morgan fingerprint density at radius 3 is 2.11 bits per heavy atom. The highest BCUT2D eigenvalue weighted by atomic mass is 16.6. The molecule has 6 nitrogen and oxygen atoms in total. The van der Waals surface area contributed by atoms with E-state index in [0.29, 0.717) is 11.1 Å². The topological polar surface area (TPSA) is 85.6 Å². The van der Waals surface area contributed by atoms with Crippen LogP contribution in [-0.4, -0.2) is 36.9 Å². The first kappa shape index (κ1) is 18.4. The first-order chi connectivity index (χ1) is 13.2. The van der Waals surface area contributed by atoms with Gasteiger partial charge in [-0.3, -0.25) is 0 Å². The van der Waals surface area contributed by atoms with Crippen molar-refractivity contribution >= 4 is 11.9 Å². The predicted octanol–water partition coefficient (Wildman–Crippen LogP) is 2.92. The van der Waals surface area contributed by atoms with Crippen LogP contribution in [0.4, 0.5) is 0 Å². The van der Waals surface area contributed by atoms with Gasteiger partial charge < -0.3 is 14.2 Å². The van der Waals surface area contributed by atoms with Crippen LogP contribution in [0.1, 0.15) is 20.7 Å². The number of benzene rings is 2. The van der Waals surface area contributed by atoms with Crippen molar-refractivity contribution in [1.29, 1.82) is 5.26 Å². The van der Waals surface area contributed by atoms with Crippen LogP contribution in [0.15, 0.2) is 72.8 Å². The summed E-state index contributed by atoms with van der Waals surface area (Å²) in [4.78, 5) is 24.4. The summed E-state index contributed by atoms with van der Waals surface area (Å²) in [6.45, 7) is -0.150. The van der Waals surface area contributed by atoms with E-state index < -0.39 is 30.3 Å². The average Bonchev–Trinajstić information content (AvgIpc) is 2.74.